The maximum atomic E-state index is 6.00. The number of ether oxygens (including phenoxy) is 3. The lowest BCUT2D eigenvalue weighted by atomic mass is 10.00. The highest BCUT2D eigenvalue weighted by Crippen LogP contribution is 2.27. The standard InChI is InChI=1S/C26H36N2O3/c1-27-15-3-5-21(17-27)19-29-23-7-11-25(12-8-23)31-26-13-9-24(10-14-26)30-20-22-6-4-16-28(2)18-22/h7-14,21-22H,3-6,15-20H2,1-2H3. The van der Waals surface area contributed by atoms with Gasteiger partial charge in [0, 0.05) is 24.9 Å². The van der Waals surface area contributed by atoms with E-state index >= 15 is 0 Å². The van der Waals surface area contributed by atoms with Gasteiger partial charge in [-0.25, -0.2) is 0 Å². The third-order valence-electron chi connectivity index (χ3n) is 6.30. The molecule has 31 heavy (non-hydrogen) atoms. The molecular formula is C26H36N2O3. The normalized spacial score (nSPS) is 22.8. The van der Waals surface area contributed by atoms with Crippen molar-refractivity contribution in [2.45, 2.75) is 25.7 Å². The van der Waals surface area contributed by atoms with Crippen LogP contribution in [0.25, 0.3) is 0 Å². The van der Waals surface area contributed by atoms with Gasteiger partial charge in [0.15, 0.2) is 0 Å². The van der Waals surface area contributed by atoms with Gasteiger partial charge in [-0.3, -0.25) is 0 Å². The molecule has 0 spiro atoms. The molecule has 2 aromatic carbocycles. The number of nitrogens with zero attached hydrogens (tertiary/aromatic N) is 2. The lowest BCUT2D eigenvalue weighted by Crippen LogP contribution is -2.34. The largest absolute Gasteiger partial charge is 0.493 e. The molecule has 0 bridgehead atoms. The zero-order chi connectivity index (χ0) is 21.5. The molecule has 2 aliphatic heterocycles. The van der Waals surface area contributed by atoms with Crippen molar-refractivity contribution in [1.29, 1.82) is 0 Å². The van der Waals surface area contributed by atoms with Crippen LogP contribution in [0.1, 0.15) is 25.7 Å². The molecule has 2 heterocycles. The van der Waals surface area contributed by atoms with Crippen LogP contribution in [0.5, 0.6) is 23.0 Å². The van der Waals surface area contributed by atoms with Gasteiger partial charge in [0.05, 0.1) is 13.2 Å². The molecule has 0 radical (unpaired) electrons. The van der Waals surface area contributed by atoms with Gasteiger partial charge in [-0.15, -0.1) is 0 Å². The fourth-order valence-corrected chi connectivity index (χ4v) is 4.59. The number of rotatable bonds is 8. The van der Waals surface area contributed by atoms with Crippen LogP contribution in [-0.2, 0) is 0 Å². The van der Waals surface area contributed by atoms with E-state index in [-0.39, 0.29) is 0 Å². The molecule has 2 aromatic rings. The van der Waals surface area contributed by atoms with Crippen molar-refractivity contribution in [3.8, 4) is 23.0 Å². The molecule has 0 aliphatic carbocycles. The molecule has 5 nitrogen and oxygen atoms in total. The Kier molecular flexibility index (Phi) is 7.71. The molecular weight excluding hydrogens is 388 g/mol. The summed E-state index contributed by atoms with van der Waals surface area (Å²) in [6, 6.07) is 15.8. The second-order valence-corrected chi connectivity index (χ2v) is 9.21. The highest BCUT2D eigenvalue weighted by atomic mass is 16.5. The third kappa shape index (κ3) is 6.88. The number of hydrogen-bond donors (Lipinski definition) is 0. The van der Waals surface area contributed by atoms with Gasteiger partial charge in [-0.2, -0.15) is 0 Å². The Morgan fingerprint density at radius 2 is 1.03 bits per heavy atom. The van der Waals surface area contributed by atoms with Crippen molar-refractivity contribution < 1.29 is 14.2 Å². The second kappa shape index (κ2) is 10.9. The Morgan fingerprint density at radius 1 is 0.645 bits per heavy atom. The predicted octanol–water partition coefficient (Wildman–Crippen LogP) is 4.92. The van der Waals surface area contributed by atoms with Crippen molar-refractivity contribution >= 4 is 0 Å². The Morgan fingerprint density at radius 3 is 1.42 bits per heavy atom. The van der Waals surface area contributed by atoms with Crippen molar-refractivity contribution in [1.82, 2.24) is 9.80 Å². The topological polar surface area (TPSA) is 34.2 Å². The molecule has 0 N–H and O–H groups in total. The van der Waals surface area contributed by atoms with E-state index in [4.69, 9.17) is 14.2 Å². The average molecular weight is 425 g/mol. The SMILES string of the molecule is CN1CCCC(COc2ccc(Oc3ccc(OCC4CCCN(C)C4)cc3)cc2)C1. The van der Waals surface area contributed by atoms with E-state index in [1.165, 1.54) is 38.8 Å². The summed E-state index contributed by atoms with van der Waals surface area (Å²) in [7, 11) is 4.37. The Bertz CT molecular complexity index is 726. The van der Waals surface area contributed by atoms with Crippen molar-refractivity contribution in [3.63, 3.8) is 0 Å². The average Bonchev–Trinajstić information content (AvgIpc) is 2.78. The first-order valence-electron chi connectivity index (χ1n) is 11.6. The van der Waals surface area contributed by atoms with Crippen LogP contribution in [-0.4, -0.2) is 63.3 Å². The van der Waals surface area contributed by atoms with Crippen LogP contribution in [0.4, 0.5) is 0 Å². The minimum absolute atomic E-state index is 0.620. The summed E-state index contributed by atoms with van der Waals surface area (Å²) >= 11 is 0. The Labute approximate surface area is 186 Å². The summed E-state index contributed by atoms with van der Waals surface area (Å²) in [6.45, 7) is 6.21. The molecule has 2 fully saturated rings. The van der Waals surface area contributed by atoms with Crippen molar-refractivity contribution in [2.24, 2.45) is 11.8 Å². The molecule has 0 aromatic heterocycles. The van der Waals surface area contributed by atoms with Crippen LogP contribution < -0.4 is 14.2 Å². The number of likely N-dealkylation sites (tertiary alicyclic amines) is 2. The van der Waals surface area contributed by atoms with Gasteiger partial charge >= 0.3 is 0 Å². The zero-order valence-corrected chi connectivity index (χ0v) is 19.0. The number of piperidine rings is 2. The van der Waals surface area contributed by atoms with Crippen LogP contribution in [0.2, 0.25) is 0 Å². The fourth-order valence-electron chi connectivity index (χ4n) is 4.59. The first kappa shape index (κ1) is 22.0. The van der Waals surface area contributed by atoms with Crippen molar-refractivity contribution in [2.75, 3.05) is 53.5 Å². The highest BCUT2D eigenvalue weighted by molar-refractivity contribution is 5.37. The summed E-state index contributed by atoms with van der Waals surface area (Å²) in [5.41, 5.74) is 0. The zero-order valence-electron chi connectivity index (χ0n) is 19.0. The molecule has 2 saturated heterocycles. The van der Waals surface area contributed by atoms with E-state index in [1.54, 1.807) is 0 Å². The summed E-state index contributed by atoms with van der Waals surface area (Å²) in [6.07, 6.45) is 5.03. The maximum Gasteiger partial charge on any atom is 0.127 e. The molecule has 168 valence electrons. The predicted molar refractivity (Wildman–Crippen MR) is 124 cm³/mol. The van der Waals surface area contributed by atoms with Gasteiger partial charge in [0.25, 0.3) is 0 Å². The lowest BCUT2D eigenvalue weighted by Gasteiger charge is -2.29. The maximum absolute atomic E-state index is 6.00. The molecule has 0 amide bonds. The molecule has 0 saturated carbocycles. The van der Waals surface area contributed by atoms with E-state index in [1.807, 2.05) is 48.5 Å². The fraction of sp³-hybridized carbons (Fsp3) is 0.538. The summed E-state index contributed by atoms with van der Waals surface area (Å²) < 4.78 is 18.0. The molecule has 2 aliphatic rings. The van der Waals surface area contributed by atoms with Crippen molar-refractivity contribution in [3.05, 3.63) is 48.5 Å². The first-order valence-corrected chi connectivity index (χ1v) is 11.6. The van der Waals surface area contributed by atoms with E-state index in [0.29, 0.717) is 11.8 Å². The quantitative estimate of drug-likeness (QED) is 0.601. The van der Waals surface area contributed by atoms with E-state index in [9.17, 15) is 0 Å². The summed E-state index contributed by atoms with van der Waals surface area (Å²) in [5, 5.41) is 0. The van der Waals surface area contributed by atoms with Gasteiger partial charge in [0.2, 0.25) is 0 Å². The number of benzene rings is 2. The molecule has 5 heteroatoms. The van der Waals surface area contributed by atoms with Gasteiger partial charge in [-0.1, -0.05) is 0 Å². The van der Waals surface area contributed by atoms with E-state index < -0.39 is 0 Å². The minimum atomic E-state index is 0.620. The second-order valence-electron chi connectivity index (χ2n) is 9.21. The molecule has 2 unspecified atom stereocenters. The summed E-state index contributed by atoms with van der Waals surface area (Å²) in [4.78, 5) is 4.78. The van der Waals surface area contributed by atoms with Crippen LogP contribution in [0.15, 0.2) is 48.5 Å². The van der Waals surface area contributed by atoms with E-state index in [0.717, 1.165) is 49.3 Å². The Hall–Kier alpha value is -2.24. The lowest BCUT2D eigenvalue weighted by molar-refractivity contribution is 0.150. The van der Waals surface area contributed by atoms with Gasteiger partial charge in [-0.05, 0) is 101 Å². The molecule has 4 rings (SSSR count). The minimum Gasteiger partial charge on any atom is -0.493 e. The van der Waals surface area contributed by atoms with Crippen LogP contribution in [0, 0.1) is 11.8 Å². The first-order chi connectivity index (χ1) is 15.1. The van der Waals surface area contributed by atoms with Crippen LogP contribution in [0.3, 0.4) is 0 Å². The molecule has 2 atom stereocenters. The monoisotopic (exact) mass is 424 g/mol. The van der Waals surface area contributed by atoms with Gasteiger partial charge in [0.1, 0.15) is 23.0 Å². The van der Waals surface area contributed by atoms with Crippen LogP contribution >= 0.6 is 0 Å². The summed E-state index contributed by atoms with van der Waals surface area (Å²) in [5.74, 6) is 4.66. The third-order valence-corrected chi connectivity index (χ3v) is 6.30. The Balaban J connectivity index is 1.21. The number of hydrogen-bond acceptors (Lipinski definition) is 5. The smallest absolute Gasteiger partial charge is 0.127 e. The highest BCUT2D eigenvalue weighted by Gasteiger charge is 2.18. The van der Waals surface area contributed by atoms with E-state index in [2.05, 4.69) is 23.9 Å². The van der Waals surface area contributed by atoms with Gasteiger partial charge < -0.3 is 24.0 Å².